The molecule has 7 aliphatic rings. The number of carbonyl (C=O) groups excluding carboxylic acids is 1. The summed E-state index contributed by atoms with van der Waals surface area (Å²) in [6.45, 7) is 2.68. The van der Waals surface area contributed by atoms with E-state index in [0.29, 0.717) is 18.7 Å². The van der Waals surface area contributed by atoms with Gasteiger partial charge in [-0.15, -0.1) is 0 Å². The number of benzene rings is 2. The van der Waals surface area contributed by atoms with Gasteiger partial charge in [-0.25, -0.2) is 0 Å². The number of likely N-dealkylation sites (N-methyl/N-ethyl adjacent to an activating group) is 1. The Hall–Kier alpha value is -2.83. The molecule has 0 aromatic heterocycles. The second-order valence-corrected chi connectivity index (χ2v) is 12.8. The number of piperidine rings is 1. The van der Waals surface area contributed by atoms with Crippen LogP contribution >= 0.6 is 0 Å². The fourth-order valence-corrected chi connectivity index (χ4v) is 9.08. The number of hydrogen-bond acceptors (Lipinski definition) is 5. The number of nitrogens with zero attached hydrogens (tertiary/aromatic N) is 2. The lowest BCUT2D eigenvalue weighted by molar-refractivity contribution is -0.210. The number of rotatable bonds is 6. The Labute approximate surface area is 223 Å². The van der Waals surface area contributed by atoms with E-state index in [1.54, 1.807) is 11.0 Å². The van der Waals surface area contributed by atoms with E-state index in [2.05, 4.69) is 29.2 Å². The maximum absolute atomic E-state index is 14.1. The Kier molecular flexibility index (Phi) is 4.64. The van der Waals surface area contributed by atoms with Crippen LogP contribution in [0, 0.1) is 17.3 Å². The number of amides is 1. The summed E-state index contributed by atoms with van der Waals surface area (Å²) in [6, 6.07) is 14.3. The maximum atomic E-state index is 14.1. The summed E-state index contributed by atoms with van der Waals surface area (Å²) in [4.78, 5) is 18.6. The van der Waals surface area contributed by atoms with Gasteiger partial charge in [-0.1, -0.05) is 48.6 Å². The Balaban J connectivity index is 1.20. The van der Waals surface area contributed by atoms with E-state index in [0.717, 1.165) is 43.8 Å². The molecule has 2 aliphatic heterocycles. The highest BCUT2D eigenvalue weighted by Crippen LogP contribution is 2.74. The molecule has 198 valence electrons. The molecule has 1 saturated heterocycles. The van der Waals surface area contributed by atoms with Crippen LogP contribution in [0.5, 0.6) is 11.5 Å². The number of aromatic hydroxyl groups is 1. The molecule has 2 aromatic carbocycles. The van der Waals surface area contributed by atoms with Crippen LogP contribution in [0.4, 0.5) is 0 Å². The number of hydrogen-bond donors (Lipinski definition) is 2. The highest BCUT2D eigenvalue weighted by Gasteiger charge is 2.79. The van der Waals surface area contributed by atoms with Crippen LogP contribution in [-0.2, 0) is 23.1 Å². The van der Waals surface area contributed by atoms with E-state index >= 15 is 0 Å². The third-order valence-electron chi connectivity index (χ3n) is 11.0. The Morgan fingerprint density at radius 3 is 2.76 bits per heavy atom. The summed E-state index contributed by atoms with van der Waals surface area (Å²) in [5, 5.41) is 23.3. The minimum absolute atomic E-state index is 0.0107. The SMILES string of the molecule is CN(CCc1ccccc1)C(=O)[C@H]1C[C@@]23C=C[C@]1(O)C1Oc4c(O)ccc5c4[C@@]12CCN(CC1CC1)[C@@H]3C5. The molecule has 2 spiro atoms. The van der Waals surface area contributed by atoms with Gasteiger partial charge in [0.05, 0.1) is 11.3 Å². The summed E-state index contributed by atoms with van der Waals surface area (Å²) in [6.07, 6.45) is 9.39. The molecule has 2 aromatic rings. The lowest BCUT2D eigenvalue weighted by atomic mass is 9.37. The molecule has 5 aliphatic carbocycles. The van der Waals surface area contributed by atoms with Crippen LogP contribution in [0.2, 0.25) is 0 Å². The smallest absolute Gasteiger partial charge is 0.228 e. The fourth-order valence-electron chi connectivity index (χ4n) is 9.08. The highest BCUT2D eigenvalue weighted by atomic mass is 16.5. The van der Waals surface area contributed by atoms with Crippen LogP contribution in [0.15, 0.2) is 54.6 Å². The summed E-state index contributed by atoms with van der Waals surface area (Å²) in [7, 11) is 1.86. The zero-order chi connectivity index (χ0) is 25.9. The van der Waals surface area contributed by atoms with Crippen molar-refractivity contribution in [3.63, 3.8) is 0 Å². The summed E-state index contributed by atoms with van der Waals surface area (Å²) in [5.41, 5.74) is 1.41. The largest absolute Gasteiger partial charge is 0.504 e. The van der Waals surface area contributed by atoms with Crippen molar-refractivity contribution in [3.05, 3.63) is 71.3 Å². The van der Waals surface area contributed by atoms with Gasteiger partial charge in [0.1, 0.15) is 11.7 Å². The summed E-state index contributed by atoms with van der Waals surface area (Å²) >= 11 is 0. The van der Waals surface area contributed by atoms with Crippen molar-refractivity contribution in [2.45, 2.75) is 61.7 Å². The second kappa shape index (κ2) is 7.64. The van der Waals surface area contributed by atoms with E-state index in [9.17, 15) is 15.0 Å². The molecule has 2 N–H and O–H groups in total. The number of aliphatic hydroxyl groups is 1. The van der Waals surface area contributed by atoms with Gasteiger partial charge in [0.25, 0.3) is 0 Å². The van der Waals surface area contributed by atoms with Gasteiger partial charge in [0, 0.05) is 37.2 Å². The van der Waals surface area contributed by atoms with Crippen molar-refractivity contribution in [1.82, 2.24) is 9.80 Å². The maximum Gasteiger partial charge on any atom is 0.228 e. The predicted octanol–water partition coefficient (Wildman–Crippen LogP) is 3.44. The number of fused-ring (bicyclic) bond motifs is 1. The van der Waals surface area contributed by atoms with E-state index < -0.39 is 23.0 Å². The Bertz CT molecular complexity index is 1350. The molecule has 2 saturated carbocycles. The zero-order valence-electron chi connectivity index (χ0n) is 22.0. The minimum Gasteiger partial charge on any atom is -0.504 e. The predicted molar refractivity (Wildman–Crippen MR) is 143 cm³/mol. The van der Waals surface area contributed by atoms with Crippen LogP contribution in [0.1, 0.15) is 42.4 Å². The third-order valence-corrected chi connectivity index (χ3v) is 11.0. The Morgan fingerprint density at radius 1 is 1.16 bits per heavy atom. The number of likely N-dealkylation sites (tertiary alicyclic amines) is 1. The molecule has 4 bridgehead atoms. The average molecular weight is 513 g/mol. The lowest BCUT2D eigenvalue weighted by Crippen LogP contribution is -2.80. The average Bonchev–Trinajstić information content (AvgIpc) is 3.67. The van der Waals surface area contributed by atoms with E-state index in [1.807, 2.05) is 31.3 Å². The number of phenols is 1. The first-order valence-corrected chi connectivity index (χ1v) is 14.3. The molecule has 9 rings (SSSR count). The monoisotopic (exact) mass is 512 g/mol. The number of ether oxygens (including phenoxy) is 1. The quantitative estimate of drug-likeness (QED) is 0.581. The lowest BCUT2D eigenvalue weighted by Gasteiger charge is -2.70. The van der Waals surface area contributed by atoms with Crippen molar-refractivity contribution in [2.24, 2.45) is 17.3 Å². The molecular weight excluding hydrogens is 476 g/mol. The van der Waals surface area contributed by atoms with E-state index in [-0.39, 0.29) is 23.1 Å². The first-order valence-electron chi connectivity index (χ1n) is 14.3. The number of carbonyl (C=O) groups is 1. The minimum atomic E-state index is -1.41. The van der Waals surface area contributed by atoms with Gasteiger partial charge in [0.15, 0.2) is 11.5 Å². The van der Waals surface area contributed by atoms with Crippen LogP contribution < -0.4 is 4.74 Å². The van der Waals surface area contributed by atoms with E-state index in [4.69, 9.17) is 4.74 Å². The molecule has 1 amide bonds. The van der Waals surface area contributed by atoms with Gasteiger partial charge >= 0.3 is 0 Å². The normalized spacial score (nSPS) is 37.6. The molecule has 2 heterocycles. The first kappa shape index (κ1) is 23.1. The van der Waals surface area contributed by atoms with Gasteiger partial charge in [-0.3, -0.25) is 9.69 Å². The first-order chi connectivity index (χ1) is 18.4. The topological polar surface area (TPSA) is 73.2 Å². The fraction of sp³-hybridized carbons (Fsp3) is 0.531. The van der Waals surface area contributed by atoms with Crippen LogP contribution in [-0.4, -0.2) is 70.3 Å². The van der Waals surface area contributed by atoms with Gasteiger partial charge < -0.3 is 19.8 Å². The van der Waals surface area contributed by atoms with Gasteiger partial charge in [-0.05, 0) is 68.2 Å². The molecule has 1 unspecified atom stereocenters. The van der Waals surface area contributed by atoms with Crippen molar-refractivity contribution < 1.29 is 19.7 Å². The molecule has 3 fully saturated rings. The molecule has 38 heavy (non-hydrogen) atoms. The number of phenolic OH excluding ortho intramolecular Hbond substituents is 1. The molecule has 6 heteroatoms. The van der Waals surface area contributed by atoms with Crippen molar-refractivity contribution in [2.75, 3.05) is 26.7 Å². The summed E-state index contributed by atoms with van der Waals surface area (Å²) < 4.78 is 6.62. The van der Waals surface area contributed by atoms with Crippen LogP contribution in [0.3, 0.4) is 0 Å². The highest BCUT2D eigenvalue weighted by molar-refractivity contribution is 5.82. The Morgan fingerprint density at radius 2 is 1.97 bits per heavy atom. The summed E-state index contributed by atoms with van der Waals surface area (Å²) in [5.74, 6) is 0.879. The van der Waals surface area contributed by atoms with Crippen molar-refractivity contribution in [3.8, 4) is 11.5 Å². The standard InChI is InChI=1S/C32H36N2O4/c1-33(15-11-20-5-3-2-4-6-20)28(36)23-18-30-12-13-32(23,37)29-31(30)14-16-34(19-21-7-8-21)25(30)17-22-9-10-24(35)27(38-29)26(22)31/h2-6,9-10,12-13,21,23,25,29,35,37H,7-8,11,14-19H2,1H3/t23-,25-,29?,30-,31+,32-/m1/s1. The second-order valence-electron chi connectivity index (χ2n) is 12.8. The molecule has 6 nitrogen and oxygen atoms in total. The van der Waals surface area contributed by atoms with Crippen molar-refractivity contribution >= 4 is 5.91 Å². The molecule has 0 radical (unpaired) electrons. The van der Waals surface area contributed by atoms with Crippen molar-refractivity contribution in [1.29, 1.82) is 0 Å². The van der Waals surface area contributed by atoms with Crippen LogP contribution in [0.25, 0.3) is 0 Å². The zero-order valence-corrected chi connectivity index (χ0v) is 22.0. The van der Waals surface area contributed by atoms with E-state index in [1.165, 1.54) is 24.0 Å². The molecule has 6 atom stereocenters. The van der Waals surface area contributed by atoms with Gasteiger partial charge in [-0.2, -0.15) is 0 Å². The third kappa shape index (κ3) is 2.78. The molecular formula is C32H36N2O4. The van der Waals surface area contributed by atoms with Gasteiger partial charge in [0.2, 0.25) is 5.91 Å².